The van der Waals surface area contributed by atoms with Crippen molar-refractivity contribution in [2.45, 2.75) is 25.4 Å². The van der Waals surface area contributed by atoms with Crippen molar-refractivity contribution in [1.29, 1.82) is 5.26 Å². The summed E-state index contributed by atoms with van der Waals surface area (Å²) in [5, 5.41) is 19.7. The number of nitriles is 1. The molecular formula is C13H12N2O. The summed E-state index contributed by atoms with van der Waals surface area (Å²) in [5.74, 6) is 0. The lowest BCUT2D eigenvalue weighted by molar-refractivity contribution is 0.158. The first kappa shape index (κ1) is 9.44. The van der Waals surface area contributed by atoms with Gasteiger partial charge in [0.25, 0.3) is 0 Å². The van der Waals surface area contributed by atoms with Crippen LogP contribution in [0.25, 0.3) is 10.9 Å². The van der Waals surface area contributed by atoms with Crippen molar-refractivity contribution < 1.29 is 5.11 Å². The Balaban J connectivity index is 2.25. The average Bonchev–Trinajstić information content (AvgIpc) is 2.66. The van der Waals surface area contributed by atoms with Gasteiger partial charge in [-0.1, -0.05) is 0 Å². The number of fused-ring (bicyclic) bond motifs is 3. The summed E-state index contributed by atoms with van der Waals surface area (Å²) in [6.07, 6.45) is 2.18. The molecule has 3 nitrogen and oxygen atoms in total. The molecule has 3 rings (SSSR count). The molecule has 2 N–H and O–H groups in total. The van der Waals surface area contributed by atoms with Gasteiger partial charge in [0.2, 0.25) is 0 Å². The number of hydrogen-bond acceptors (Lipinski definition) is 2. The van der Waals surface area contributed by atoms with Gasteiger partial charge in [-0.2, -0.15) is 5.26 Å². The molecular weight excluding hydrogens is 200 g/mol. The van der Waals surface area contributed by atoms with Crippen LogP contribution in [-0.2, 0) is 12.8 Å². The molecule has 1 heterocycles. The first-order valence-corrected chi connectivity index (χ1v) is 5.49. The third-order valence-electron chi connectivity index (χ3n) is 3.29. The van der Waals surface area contributed by atoms with E-state index < -0.39 is 0 Å². The number of hydrogen-bond donors (Lipinski definition) is 2. The van der Waals surface area contributed by atoms with Crippen molar-refractivity contribution in [3.8, 4) is 6.07 Å². The number of aryl methyl sites for hydroxylation is 1. The largest absolute Gasteiger partial charge is 0.393 e. The molecule has 0 spiro atoms. The van der Waals surface area contributed by atoms with Gasteiger partial charge in [-0.3, -0.25) is 0 Å². The Morgan fingerprint density at radius 3 is 3.12 bits per heavy atom. The van der Waals surface area contributed by atoms with E-state index in [9.17, 15) is 5.11 Å². The third kappa shape index (κ3) is 1.31. The average molecular weight is 212 g/mol. The van der Waals surface area contributed by atoms with E-state index in [1.807, 2.05) is 18.2 Å². The maximum Gasteiger partial charge on any atom is 0.0991 e. The minimum Gasteiger partial charge on any atom is -0.393 e. The third-order valence-corrected chi connectivity index (χ3v) is 3.29. The Bertz CT molecular complexity index is 592. The molecule has 2 aromatic rings. The smallest absolute Gasteiger partial charge is 0.0991 e. The fraction of sp³-hybridized carbons (Fsp3) is 0.308. The maximum absolute atomic E-state index is 9.68. The monoisotopic (exact) mass is 212 g/mol. The molecule has 0 saturated carbocycles. The summed E-state index contributed by atoms with van der Waals surface area (Å²) in [6, 6.07) is 7.82. The highest BCUT2D eigenvalue weighted by atomic mass is 16.3. The molecule has 80 valence electrons. The molecule has 1 atom stereocenters. The molecule has 0 fully saturated rings. The number of nitrogens with zero attached hydrogens (tertiary/aromatic N) is 1. The normalized spacial score (nSPS) is 19.4. The molecule has 1 aromatic heterocycles. The van der Waals surface area contributed by atoms with Gasteiger partial charge in [-0.25, -0.2) is 0 Å². The number of aromatic nitrogens is 1. The highest BCUT2D eigenvalue weighted by Gasteiger charge is 2.20. The predicted molar refractivity (Wildman–Crippen MR) is 61.0 cm³/mol. The van der Waals surface area contributed by atoms with E-state index in [0.29, 0.717) is 12.0 Å². The second-order valence-electron chi connectivity index (χ2n) is 4.35. The van der Waals surface area contributed by atoms with Crippen LogP contribution in [0.1, 0.15) is 23.2 Å². The van der Waals surface area contributed by atoms with Crippen LogP contribution < -0.4 is 0 Å². The van der Waals surface area contributed by atoms with E-state index >= 15 is 0 Å². The van der Waals surface area contributed by atoms with Crippen molar-refractivity contribution in [1.82, 2.24) is 4.98 Å². The van der Waals surface area contributed by atoms with Crippen molar-refractivity contribution in [3.05, 3.63) is 35.0 Å². The number of aliphatic hydroxyl groups excluding tert-OH is 1. The Morgan fingerprint density at radius 2 is 2.31 bits per heavy atom. The molecule has 1 unspecified atom stereocenters. The second kappa shape index (κ2) is 3.36. The molecule has 0 saturated heterocycles. The van der Waals surface area contributed by atoms with Crippen LogP contribution in [0.3, 0.4) is 0 Å². The van der Waals surface area contributed by atoms with Gasteiger partial charge in [0.15, 0.2) is 0 Å². The minimum absolute atomic E-state index is 0.239. The van der Waals surface area contributed by atoms with E-state index in [1.165, 1.54) is 11.3 Å². The van der Waals surface area contributed by atoms with Gasteiger partial charge in [0.1, 0.15) is 0 Å². The fourth-order valence-electron chi connectivity index (χ4n) is 2.47. The molecule has 0 bridgehead atoms. The number of aromatic amines is 1. The molecule has 0 amide bonds. The Morgan fingerprint density at radius 1 is 1.44 bits per heavy atom. The summed E-state index contributed by atoms with van der Waals surface area (Å²) in [7, 11) is 0. The molecule has 16 heavy (non-hydrogen) atoms. The van der Waals surface area contributed by atoms with E-state index in [4.69, 9.17) is 5.26 Å². The van der Waals surface area contributed by atoms with Crippen LogP contribution in [0, 0.1) is 11.3 Å². The fourth-order valence-corrected chi connectivity index (χ4v) is 2.47. The minimum atomic E-state index is -0.239. The zero-order valence-electron chi connectivity index (χ0n) is 8.83. The number of benzene rings is 1. The summed E-state index contributed by atoms with van der Waals surface area (Å²) in [4.78, 5) is 3.37. The summed E-state index contributed by atoms with van der Waals surface area (Å²) < 4.78 is 0. The lowest BCUT2D eigenvalue weighted by atomic mass is 9.93. The molecule has 0 radical (unpaired) electrons. The topological polar surface area (TPSA) is 59.8 Å². The zero-order valence-corrected chi connectivity index (χ0v) is 8.83. The highest BCUT2D eigenvalue weighted by molar-refractivity contribution is 5.86. The molecule has 1 aromatic carbocycles. The number of H-pyrrole nitrogens is 1. The van der Waals surface area contributed by atoms with Gasteiger partial charge in [0.05, 0.1) is 17.7 Å². The van der Waals surface area contributed by atoms with Crippen molar-refractivity contribution in [2.75, 3.05) is 0 Å². The van der Waals surface area contributed by atoms with Gasteiger partial charge >= 0.3 is 0 Å². The van der Waals surface area contributed by atoms with E-state index in [-0.39, 0.29) is 6.10 Å². The zero-order chi connectivity index (χ0) is 11.1. The first-order valence-electron chi connectivity index (χ1n) is 5.49. The van der Waals surface area contributed by atoms with Gasteiger partial charge in [-0.15, -0.1) is 0 Å². The first-order chi connectivity index (χ1) is 7.78. The number of rotatable bonds is 0. The van der Waals surface area contributed by atoms with Crippen molar-refractivity contribution in [3.63, 3.8) is 0 Å². The SMILES string of the molecule is N#Cc1ccc2[nH]c3c(c2c1)CC(O)CC3. The summed E-state index contributed by atoms with van der Waals surface area (Å²) in [5.41, 5.74) is 4.15. The molecule has 0 aliphatic heterocycles. The predicted octanol–water partition coefficient (Wildman–Crippen LogP) is 1.89. The van der Waals surface area contributed by atoms with Crippen LogP contribution in [0.2, 0.25) is 0 Å². The Kier molecular flexibility index (Phi) is 1.98. The second-order valence-corrected chi connectivity index (χ2v) is 4.35. The van der Waals surface area contributed by atoms with E-state index in [1.54, 1.807) is 0 Å². The van der Waals surface area contributed by atoms with Crippen LogP contribution in [-0.4, -0.2) is 16.2 Å². The van der Waals surface area contributed by atoms with Crippen LogP contribution in [0.4, 0.5) is 0 Å². The summed E-state index contributed by atoms with van der Waals surface area (Å²) >= 11 is 0. The Hall–Kier alpha value is -1.79. The van der Waals surface area contributed by atoms with Crippen molar-refractivity contribution in [2.24, 2.45) is 0 Å². The lowest BCUT2D eigenvalue weighted by Gasteiger charge is -2.17. The van der Waals surface area contributed by atoms with E-state index in [0.717, 1.165) is 23.7 Å². The quantitative estimate of drug-likeness (QED) is 0.700. The number of aliphatic hydroxyl groups is 1. The maximum atomic E-state index is 9.68. The highest BCUT2D eigenvalue weighted by Crippen LogP contribution is 2.29. The molecule has 1 aliphatic rings. The van der Waals surface area contributed by atoms with Crippen molar-refractivity contribution >= 4 is 10.9 Å². The van der Waals surface area contributed by atoms with Gasteiger partial charge < -0.3 is 10.1 Å². The van der Waals surface area contributed by atoms with Crippen LogP contribution in [0.15, 0.2) is 18.2 Å². The van der Waals surface area contributed by atoms with Crippen LogP contribution in [0.5, 0.6) is 0 Å². The molecule has 1 aliphatic carbocycles. The van der Waals surface area contributed by atoms with Gasteiger partial charge in [-0.05, 0) is 36.6 Å². The standard InChI is InChI=1S/C13H12N2O/c14-7-8-1-3-12-10(5-8)11-6-9(16)2-4-13(11)15-12/h1,3,5,9,15-16H,2,4,6H2. The van der Waals surface area contributed by atoms with Crippen LogP contribution >= 0.6 is 0 Å². The van der Waals surface area contributed by atoms with Gasteiger partial charge in [0, 0.05) is 23.0 Å². The number of nitrogens with one attached hydrogen (secondary N) is 1. The lowest BCUT2D eigenvalue weighted by Crippen LogP contribution is -2.17. The van der Waals surface area contributed by atoms with E-state index in [2.05, 4.69) is 11.1 Å². The molecule has 3 heteroatoms. The Labute approximate surface area is 93.3 Å². The summed E-state index contributed by atoms with van der Waals surface area (Å²) in [6.45, 7) is 0.